The number of aromatic amines is 1. The van der Waals surface area contributed by atoms with E-state index in [0.29, 0.717) is 11.2 Å². The molecule has 0 amide bonds. The maximum atomic E-state index is 12.4. The first-order valence-electron chi connectivity index (χ1n) is 7.04. The number of aromatic nitrogens is 2. The lowest BCUT2D eigenvalue weighted by atomic mass is 10.1. The highest BCUT2D eigenvalue weighted by Crippen LogP contribution is 2.21. The van der Waals surface area contributed by atoms with Crippen molar-refractivity contribution in [3.05, 3.63) is 62.9 Å². The summed E-state index contributed by atoms with van der Waals surface area (Å²) < 4.78 is 0. The first kappa shape index (κ1) is 13.6. The molecular formula is C18H18N2O. The van der Waals surface area contributed by atoms with Gasteiger partial charge in [-0.25, -0.2) is 4.98 Å². The van der Waals surface area contributed by atoms with Crippen LogP contribution in [0.4, 0.5) is 0 Å². The molecule has 0 aliphatic heterocycles. The maximum absolute atomic E-state index is 12.4. The molecule has 3 nitrogen and oxygen atoms in total. The van der Waals surface area contributed by atoms with E-state index >= 15 is 0 Å². The summed E-state index contributed by atoms with van der Waals surface area (Å²) in [6, 6.07) is 10.2. The Balaban J connectivity index is 2.32. The fourth-order valence-corrected chi connectivity index (χ4v) is 2.90. The summed E-state index contributed by atoms with van der Waals surface area (Å²) in [5.74, 6) is 0.629. The first-order chi connectivity index (χ1) is 9.94. The topological polar surface area (TPSA) is 45.8 Å². The quantitative estimate of drug-likeness (QED) is 0.735. The van der Waals surface area contributed by atoms with Crippen LogP contribution in [-0.4, -0.2) is 9.97 Å². The molecule has 0 aliphatic carbocycles. The van der Waals surface area contributed by atoms with Crippen LogP contribution in [0.2, 0.25) is 0 Å². The van der Waals surface area contributed by atoms with Crippen LogP contribution in [0.3, 0.4) is 0 Å². The second-order valence-corrected chi connectivity index (χ2v) is 5.77. The lowest BCUT2D eigenvalue weighted by Gasteiger charge is -2.08. The molecule has 3 aromatic rings. The van der Waals surface area contributed by atoms with Crippen LogP contribution in [0.25, 0.3) is 22.3 Å². The summed E-state index contributed by atoms with van der Waals surface area (Å²) in [5, 5.41) is 0.675. The molecule has 0 bridgehead atoms. The van der Waals surface area contributed by atoms with Crippen molar-refractivity contribution < 1.29 is 0 Å². The van der Waals surface area contributed by atoms with Crippen LogP contribution in [0, 0.1) is 27.7 Å². The Morgan fingerprint density at radius 2 is 1.48 bits per heavy atom. The molecule has 3 rings (SSSR count). The van der Waals surface area contributed by atoms with Crippen LogP contribution >= 0.6 is 0 Å². The van der Waals surface area contributed by atoms with Crippen molar-refractivity contribution in [2.45, 2.75) is 27.7 Å². The van der Waals surface area contributed by atoms with Crippen molar-refractivity contribution >= 4 is 10.9 Å². The Hall–Kier alpha value is -2.42. The van der Waals surface area contributed by atoms with Crippen molar-refractivity contribution in [3.63, 3.8) is 0 Å². The van der Waals surface area contributed by atoms with Crippen LogP contribution in [0.1, 0.15) is 22.3 Å². The number of nitrogens with zero attached hydrogens (tertiary/aromatic N) is 1. The maximum Gasteiger partial charge on any atom is 0.259 e. The highest BCUT2D eigenvalue weighted by Gasteiger charge is 2.09. The van der Waals surface area contributed by atoms with E-state index in [2.05, 4.69) is 16.0 Å². The zero-order valence-electron chi connectivity index (χ0n) is 12.7. The van der Waals surface area contributed by atoms with Gasteiger partial charge in [0.15, 0.2) is 0 Å². The summed E-state index contributed by atoms with van der Waals surface area (Å²) in [4.78, 5) is 19.9. The highest BCUT2D eigenvalue weighted by molar-refractivity contribution is 5.83. The molecule has 0 atom stereocenters. The fourth-order valence-electron chi connectivity index (χ4n) is 2.90. The Labute approximate surface area is 123 Å². The minimum absolute atomic E-state index is 0.0772. The molecule has 0 saturated heterocycles. The van der Waals surface area contributed by atoms with Gasteiger partial charge in [-0.3, -0.25) is 4.79 Å². The number of fused-ring (bicyclic) bond motifs is 1. The van der Waals surface area contributed by atoms with Gasteiger partial charge in [0.25, 0.3) is 5.56 Å². The van der Waals surface area contributed by atoms with Crippen LogP contribution in [-0.2, 0) is 0 Å². The normalized spacial score (nSPS) is 11.0. The van der Waals surface area contributed by atoms with Gasteiger partial charge in [-0.05, 0) is 57.0 Å². The number of nitrogens with one attached hydrogen (secondary N) is 1. The highest BCUT2D eigenvalue weighted by atomic mass is 16.1. The molecule has 0 aliphatic rings. The molecule has 0 unspecified atom stereocenters. The third-order valence-electron chi connectivity index (χ3n) is 3.65. The van der Waals surface area contributed by atoms with E-state index < -0.39 is 0 Å². The lowest BCUT2D eigenvalue weighted by Crippen LogP contribution is -2.11. The standard InChI is InChI=1S/C18H18N2O/c1-10-5-11(2)8-14(7-10)17-19-15-9-12(3)6-13(4)16(15)18(21)20-17/h5-9H,1-4H3,(H,19,20,21). The van der Waals surface area contributed by atoms with Crippen molar-refractivity contribution in [1.82, 2.24) is 9.97 Å². The third kappa shape index (κ3) is 2.47. The molecule has 1 aromatic heterocycles. The molecule has 3 heteroatoms. The predicted octanol–water partition coefficient (Wildman–Crippen LogP) is 3.82. The first-order valence-corrected chi connectivity index (χ1v) is 7.04. The SMILES string of the molecule is Cc1cc(C)cc(-c2nc3cc(C)cc(C)c3c(=O)[nH]2)c1. The molecule has 0 saturated carbocycles. The summed E-state index contributed by atoms with van der Waals surface area (Å²) in [7, 11) is 0. The van der Waals surface area contributed by atoms with E-state index in [0.717, 1.165) is 33.3 Å². The molecule has 21 heavy (non-hydrogen) atoms. The smallest absolute Gasteiger partial charge is 0.259 e. The van der Waals surface area contributed by atoms with Gasteiger partial charge in [0.1, 0.15) is 5.82 Å². The van der Waals surface area contributed by atoms with Gasteiger partial charge in [0.05, 0.1) is 10.9 Å². The summed E-state index contributed by atoms with van der Waals surface area (Å²) in [6.07, 6.45) is 0. The number of hydrogen-bond acceptors (Lipinski definition) is 2. The second kappa shape index (κ2) is 4.85. The minimum Gasteiger partial charge on any atom is -0.306 e. The van der Waals surface area contributed by atoms with Crippen molar-refractivity contribution in [2.75, 3.05) is 0 Å². The molecule has 106 valence electrons. The number of rotatable bonds is 1. The molecule has 1 heterocycles. The molecule has 0 spiro atoms. The second-order valence-electron chi connectivity index (χ2n) is 5.77. The average molecular weight is 278 g/mol. The summed E-state index contributed by atoms with van der Waals surface area (Å²) in [6.45, 7) is 8.06. The lowest BCUT2D eigenvalue weighted by molar-refractivity contribution is 1.16. The van der Waals surface area contributed by atoms with Gasteiger partial charge in [0, 0.05) is 5.56 Å². The largest absolute Gasteiger partial charge is 0.306 e. The number of aryl methyl sites for hydroxylation is 4. The Bertz CT molecular complexity index is 887. The number of benzene rings is 2. The van der Waals surface area contributed by atoms with Crippen LogP contribution < -0.4 is 5.56 Å². The van der Waals surface area contributed by atoms with Crippen LogP contribution in [0.15, 0.2) is 35.1 Å². The molecule has 2 aromatic carbocycles. The monoisotopic (exact) mass is 278 g/mol. The summed E-state index contributed by atoms with van der Waals surface area (Å²) in [5.41, 5.74) is 6.03. The van der Waals surface area contributed by atoms with Gasteiger partial charge in [-0.1, -0.05) is 23.3 Å². The van der Waals surface area contributed by atoms with Crippen molar-refractivity contribution in [3.8, 4) is 11.4 Å². The zero-order valence-corrected chi connectivity index (χ0v) is 12.7. The van der Waals surface area contributed by atoms with E-state index in [9.17, 15) is 4.79 Å². The molecule has 1 N–H and O–H groups in total. The number of hydrogen-bond donors (Lipinski definition) is 1. The van der Waals surface area contributed by atoms with Crippen molar-refractivity contribution in [1.29, 1.82) is 0 Å². The van der Waals surface area contributed by atoms with Crippen LogP contribution in [0.5, 0.6) is 0 Å². The van der Waals surface area contributed by atoms with Gasteiger partial charge in [-0.15, -0.1) is 0 Å². The van der Waals surface area contributed by atoms with E-state index in [1.165, 1.54) is 0 Å². The molecular weight excluding hydrogens is 260 g/mol. The van der Waals surface area contributed by atoms with Gasteiger partial charge >= 0.3 is 0 Å². The fraction of sp³-hybridized carbons (Fsp3) is 0.222. The molecule has 0 fully saturated rings. The van der Waals surface area contributed by atoms with E-state index in [1.54, 1.807) is 0 Å². The van der Waals surface area contributed by atoms with Crippen molar-refractivity contribution in [2.24, 2.45) is 0 Å². The third-order valence-corrected chi connectivity index (χ3v) is 3.65. The predicted molar refractivity (Wildman–Crippen MR) is 86.7 cm³/mol. The van der Waals surface area contributed by atoms with E-state index in [1.807, 2.05) is 52.0 Å². The number of H-pyrrole nitrogens is 1. The molecule has 0 radical (unpaired) electrons. The van der Waals surface area contributed by atoms with Gasteiger partial charge in [0.2, 0.25) is 0 Å². The minimum atomic E-state index is -0.0772. The van der Waals surface area contributed by atoms with E-state index in [4.69, 9.17) is 0 Å². The Kier molecular flexibility index (Phi) is 3.13. The Morgan fingerprint density at radius 3 is 2.14 bits per heavy atom. The summed E-state index contributed by atoms with van der Waals surface area (Å²) >= 11 is 0. The zero-order chi connectivity index (χ0) is 15.1. The van der Waals surface area contributed by atoms with Gasteiger partial charge < -0.3 is 4.98 Å². The Morgan fingerprint density at radius 1 is 0.857 bits per heavy atom. The van der Waals surface area contributed by atoms with E-state index in [-0.39, 0.29) is 5.56 Å². The average Bonchev–Trinajstić information content (AvgIpc) is 2.35. The van der Waals surface area contributed by atoms with Gasteiger partial charge in [-0.2, -0.15) is 0 Å².